The van der Waals surface area contributed by atoms with Crippen molar-refractivity contribution < 1.29 is 18.7 Å². The number of piperazine rings is 1. The number of carbonyl (C=O) groups is 2. The van der Waals surface area contributed by atoms with Crippen LogP contribution in [0, 0.1) is 0 Å². The molecule has 0 aliphatic carbocycles. The molecule has 1 aliphatic heterocycles. The molecule has 144 valence electrons. The summed E-state index contributed by atoms with van der Waals surface area (Å²) < 4.78 is 10.8. The van der Waals surface area contributed by atoms with Crippen molar-refractivity contribution in [3.05, 3.63) is 54.0 Å². The number of nitrogens with one attached hydrogen (secondary N) is 1. The lowest BCUT2D eigenvalue weighted by Crippen LogP contribution is -2.53. The highest BCUT2D eigenvalue weighted by Gasteiger charge is 2.25. The highest BCUT2D eigenvalue weighted by Crippen LogP contribution is 2.13. The summed E-state index contributed by atoms with van der Waals surface area (Å²) >= 11 is 0. The van der Waals surface area contributed by atoms with Crippen LogP contribution in [0.25, 0.3) is 0 Å². The van der Waals surface area contributed by atoms with Crippen LogP contribution in [0.2, 0.25) is 0 Å². The Morgan fingerprint density at radius 2 is 1.89 bits per heavy atom. The van der Waals surface area contributed by atoms with E-state index in [0.29, 0.717) is 45.1 Å². The molecular weight excluding hydrogens is 346 g/mol. The first-order valence-corrected chi connectivity index (χ1v) is 9.24. The van der Waals surface area contributed by atoms with Crippen LogP contribution in [0.1, 0.15) is 23.0 Å². The van der Waals surface area contributed by atoms with E-state index in [4.69, 9.17) is 9.15 Å². The third-order valence-corrected chi connectivity index (χ3v) is 4.54. The molecule has 1 N–H and O–H groups in total. The molecule has 7 nitrogen and oxygen atoms in total. The van der Waals surface area contributed by atoms with Crippen molar-refractivity contribution in [3.8, 4) is 5.75 Å². The average molecular weight is 371 g/mol. The van der Waals surface area contributed by atoms with Crippen LogP contribution in [-0.2, 0) is 6.42 Å². The molecule has 0 unspecified atom stereocenters. The quantitative estimate of drug-likeness (QED) is 0.791. The third-order valence-electron chi connectivity index (χ3n) is 4.54. The fourth-order valence-electron chi connectivity index (χ4n) is 2.96. The summed E-state index contributed by atoms with van der Waals surface area (Å²) in [5.74, 6) is 1.01. The summed E-state index contributed by atoms with van der Waals surface area (Å²) in [5, 5.41) is 2.86. The first-order chi connectivity index (χ1) is 13.2. The Morgan fingerprint density at radius 1 is 1.11 bits per heavy atom. The van der Waals surface area contributed by atoms with Gasteiger partial charge in [-0.25, -0.2) is 4.79 Å². The average Bonchev–Trinajstić information content (AvgIpc) is 3.25. The molecule has 2 heterocycles. The Morgan fingerprint density at radius 3 is 2.59 bits per heavy atom. The molecule has 1 fully saturated rings. The van der Waals surface area contributed by atoms with Gasteiger partial charge in [0.25, 0.3) is 5.91 Å². The van der Waals surface area contributed by atoms with Gasteiger partial charge >= 0.3 is 6.03 Å². The number of hydrogen-bond donors (Lipinski definition) is 1. The van der Waals surface area contributed by atoms with Crippen LogP contribution in [0.3, 0.4) is 0 Å². The number of amides is 3. The number of nitrogens with zero attached hydrogens (tertiary/aromatic N) is 2. The molecule has 0 saturated carbocycles. The maximum absolute atomic E-state index is 12.3. The maximum atomic E-state index is 12.3. The number of ether oxygens (including phenoxy) is 1. The Labute approximate surface area is 158 Å². The van der Waals surface area contributed by atoms with Crippen molar-refractivity contribution in [1.29, 1.82) is 0 Å². The summed E-state index contributed by atoms with van der Waals surface area (Å²) in [5.41, 5.74) is 1.22. The fourth-order valence-corrected chi connectivity index (χ4v) is 2.96. The fraction of sp³-hybridized carbons (Fsp3) is 0.400. The first kappa shape index (κ1) is 18.8. The molecule has 7 heteroatoms. The number of hydrogen-bond acceptors (Lipinski definition) is 4. The Kier molecular flexibility index (Phi) is 6.35. The van der Waals surface area contributed by atoms with Gasteiger partial charge in [-0.3, -0.25) is 4.79 Å². The van der Waals surface area contributed by atoms with Gasteiger partial charge in [-0.2, -0.15) is 0 Å². The van der Waals surface area contributed by atoms with Gasteiger partial charge in [0.15, 0.2) is 5.76 Å². The smallest absolute Gasteiger partial charge is 0.317 e. The topological polar surface area (TPSA) is 75.0 Å². The lowest BCUT2D eigenvalue weighted by Gasteiger charge is -2.34. The summed E-state index contributed by atoms with van der Waals surface area (Å²) in [4.78, 5) is 27.9. The molecular formula is C20H25N3O4. The van der Waals surface area contributed by atoms with Gasteiger partial charge in [-0.05, 0) is 36.2 Å². The number of furan rings is 1. The van der Waals surface area contributed by atoms with E-state index < -0.39 is 0 Å². The van der Waals surface area contributed by atoms with Gasteiger partial charge in [0, 0.05) is 26.2 Å². The molecule has 0 radical (unpaired) electrons. The first-order valence-electron chi connectivity index (χ1n) is 9.24. The van der Waals surface area contributed by atoms with Crippen molar-refractivity contribution in [2.24, 2.45) is 0 Å². The number of rotatable bonds is 6. The maximum Gasteiger partial charge on any atom is 0.317 e. The van der Waals surface area contributed by atoms with Crippen LogP contribution in [0.5, 0.6) is 5.75 Å². The largest absolute Gasteiger partial charge is 0.492 e. The van der Waals surface area contributed by atoms with E-state index >= 15 is 0 Å². The predicted molar refractivity (Wildman–Crippen MR) is 101 cm³/mol. The van der Waals surface area contributed by atoms with E-state index in [1.54, 1.807) is 21.9 Å². The molecule has 1 aromatic heterocycles. The second-order valence-electron chi connectivity index (χ2n) is 6.34. The summed E-state index contributed by atoms with van der Waals surface area (Å²) in [7, 11) is 0. The molecule has 2 aromatic rings. The van der Waals surface area contributed by atoms with Gasteiger partial charge < -0.3 is 24.3 Å². The minimum atomic E-state index is -0.136. The lowest BCUT2D eigenvalue weighted by molar-refractivity contribution is 0.0634. The van der Waals surface area contributed by atoms with Gasteiger partial charge in [-0.15, -0.1) is 0 Å². The second-order valence-corrected chi connectivity index (χ2v) is 6.34. The second kappa shape index (κ2) is 9.12. The predicted octanol–water partition coefficient (Wildman–Crippen LogP) is 2.39. The van der Waals surface area contributed by atoms with Crippen LogP contribution >= 0.6 is 0 Å². The highest BCUT2D eigenvalue weighted by molar-refractivity contribution is 5.91. The molecule has 3 rings (SSSR count). The van der Waals surface area contributed by atoms with E-state index in [2.05, 4.69) is 18.3 Å². The zero-order chi connectivity index (χ0) is 19.1. The molecule has 27 heavy (non-hydrogen) atoms. The van der Waals surface area contributed by atoms with Crippen LogP contribution in [0.4, 0.5) is 4.79 Å². The van der Waals surface area contributed by atoms with Crippen LogP contribution in [0.15, 0.2) is 47.1 Å². The number of aryl methyl sites for hydroxylation is 1. The SMILES string of the molecule is CCc1cccc(OCCNC(=O)N2CCN(C(=O)c3ccco3)CC2)c1. The zero-order valence-electron chi connectivity index (χ0n) is 15.5. The van der Waals surface area contributed by atoms with Crippen LogP contribution < -0.4 is 10.1 Å². The van der Waals surface area contributed by atoms with Crippen LogP contribution in [-0.4, -0.2) is 61.1 Å². The van der Waals surface area contributed by atoms with E-state index in [1.165, 1.54) is 11.8 Å². The van der Waals surface area contributed by atoms with Gasteiger partial charge in [0.05, 0.1) is 12.8 Å². The Bertz CT molecular complexity index is 752. The van der Waals surface area contributed by atoms with Crippen molar-refractivity contribution in [1.82, 2.24) is 15.1 Å². The summed E-state index contributed by atoms with van der Waals surface area (Å²) in [6.45, 7) is 4.92. The van der Waals surface area contributed by atoms with Crippen molar-refractivity contribution in [2.75, 3.05) is 39.3 Å². The Hall–Kier alpha value is -2.96. The van der Waals surface area contributed by atoms with Gasteiger partial charge in [0.1, 0.15) is 12.4 Å². The third kappa shape index (κ3) is 5.03. The molecule has 0 atom stereocenters. The zero-order valence-corrected chi connectivity index (χ0v) is 15.5. The van der Waals surface area contributed by atoms with Crippen molar-refractivity contribution in [2.45, 2.75) is 13.3 Å². The molecule has 3 amide bonds. The van der Waals surface area contributed by atoms with Gasteiger partial charge in [-0.1, -0.05) is 19.1 Å². The minimum Gasteiger partial charge on any atom is -0.492 e. The normalized spacial score (nSPS) is 14.1. The number of benzene rings is 1. The summed E-state index contributed by atoms with van der Waals surface area (Å²) in [6, 6.07) is 11.2. The number of carbonyl (C=O) groups excluding carboxylic acids is 2. The lowest BCUT2D eigenvalue weighted by atomic mass is 10.2. The number of urea groups is 1. The van der Waals surface area contributed by atoms with Crippen molar-refractivity contribution in [3.63, 3.8) is 0 Å². The molecule has 0 bridgehead atoms. The Balaban J connectivity index is 1.36. The summed E-state index contributed by atoms with van der Waals surface area (Å²) in [6.07, 6.45) is 2.44. The monoisotopic (exact) mass is 371 g/mol. The van der Waals surface area contributed by atoms with E-state index in [9.17, 15) is 9.59 Å². The molecule has 1 aliphatic rings. The van der Waals surface area contributed by atoms with E-state index in [-0.39, 0.29) is 11.9 Å². The standard InChI is InChI=1S/C20H25N3O4/c1-2-16-5-3-6-17(15-16)26-14-8-21-20(25)23-11-9-22(10-12-23)19(24)18-7-4-13-27-18/h3-7,13,15H,2,8-12,14H2,1H3,(H,21,25). The highest BCUT2D eigenvalue weighted by atomic mass is 16.5. The molecule has 1 saturated heterocycles. The molecule has 0 spiro atoms. The van der Waals surface area contributed by atoms with Crippen molar-refractivity contribution >= 4 is 11.9 Å². The van der Waals surface area contributed by atoms with E-state index in [0.717, 1.165) is 12.2 Å². The molecule has 1 aromatic carbocycles. The van der Waals surface area contributed by atoms with Gasteiger partial charge in [0.2, 0.25) is 0 Å². The minimum absolute atomic E-state index is 0.133. The van der Waals surface area contributed by atoms with E-state index in [1.807, 2.05) is 18.2 Å².